The van der Waals surface area contributed by atoms with E-state index in [9.17, 15) is 4.39 Å². The van der Waals surface area contributed by atoms with Gasteiger partial charge in [0.1, 0.15) is 5.82 Å². The molecule has 6 heteroatoms. The van der Waals surface area contributed by atoms with Crippen LogP contribution in [-0.2, 0) is 0 Å². The lowest BCUT2D eigenvalue weighted by molar-refractivity contribution is 0.262. The van der Waals surface area contributed by atoms with E-state index < -0.39 is 0 Å². The molecular formula is C18H22FN5. The number of nitrogens with zero attached hydrogens (tertiary/aromatic N) is 5. The fourth-order valence-corrected chi connectivity index (χ4v) is 4.02. The van der Waals surface area contributed by atoms with E-state index in [1.54, 1.807) is 0 Å². The monoisotopic (exact) mass is 327 g/mol. The molecule has 0 saturated carbocycles. The van der Waals surface area contributed by atoms with Gasteiger partial charge in [0.15, 0.2) is 5.82 Å². The molecule has 2 fully saturated rings. The van der Waals surface area contributed by atoms with Gasteiger partial charge < -0.3 is 9.80 Å². The Morgan fingerprint density at radius 3 is 2.62 bits per heavy atom. The molecule has 2 aromatic rings. The van der Waals surface area contributed by atoms with Gasteiger partial charge in [-0.2, -0.15) is 0 Å². The highest BCUT2D eigenvalue weighted by Crippen LogP contribution is 2.40. The normalized spacial score (nSPS) is 23.9. The Bertz CT molecular complexity index is 720. The summed E-state index contributed by atoms with van der Waals surface area (Å²) in [6, 6.07) is 6.20. The van der Waals surface area contributed by atoms with Crippen LogP contribution < -0.4 is 9.80 Å². The largest absolute Gasteiger partial charge is 0.356 e. The van der Waals surface area contributed by atoms with Crippen LogP contribution in [0.4, 0.5) is 16.2 Å². The molecule has 0 amide bonds. The van der Waals surface area contributed by atoms with Gasteiger partial charge in [-0.1, -0.05) is 6.07 Å². The number of hydrogen-bond donors (Lipinski definition) is 0. The number of rotatable bonds is 2. The minimum Gasteiger partial charge on any atom is -0.356 e. The molecule has 126 valence electrons. The number of aryl methyl sites for hydroxylation is 1. The number of halogens is 1. The minimum atomic E-state index is -0.386. The van der Waals surface area contributed by atoms with Crippen LogP contribution in [0.3, 0.4) is 0 Å². The van der Waals surface area contributed by atoms with Gasteiger partial charge in [-0.05, 0) is 38.3 Å². The first-order chi connectivity index (χ1) is 11.6. The molecule has 24 heavy (non-hydrogen) atoms. The van der Waals surface area contributed by atoms with E-state index in [1.807, 2.05) is 13.0 Å². The Balaban J connectivity index is 1.50. The Morgan fingerprint density at radius 2 is 1.83 bits per heavy atom. The Kier molecular flexibility index (Phi) is 3.82. The van der Waals surface area contributed by atoms with Gasteiger partial charge in [-0.15, -0.1) is 0 Å². The molecule has 0 N–H and O–H groups in total. The molecule has 4 heterocycles. The van der Waals surface area contributed by atoms with Gasteiger partial charge in [0.2, 0.25) is 5.95 Å². The van der Waals surface area contributed by atoms with Crippen LogP contribution in [0.5, 0.6) is 0 Å². The molecule has 1 atom stereocenters. The molecule has 2 aliphatic heterocycles. The van der Waals surface area contributed by atoms with E-state index in [0.29, 0.717) is 5.95 Å². The second-order valence-electron chi connectivity index (χ2n) is 7.04. The Labute approximate surface area is 141 Å². The van der Waals surface area contributed by atoms with E-state index in [1.165, 1.54) is 18.8 Å². The summed E-state index contributed by atoms with van der Waals surface area (Å²) in [5, 5.41) is 0. The first-order valence-corrected chi connectivity index (χ1v) is 8.55. The highest BCUT2D eigenvalue weighted by atomic mass is 19.1. The fraction of sp³-hybridized carbons (Fsp3) is 0.500. The van der Waals surface area contributed by atoms with Crippen molar-refractivity contribution in [1.29, 1.82) is 0 Å². The minimum absolute atomic E-state index is 0.251. The maximum Gasteiger partial charge on any atom is 0.225 e. The average Bonchev–Trinajstić information content (AvgIpc) is 2.99. The number of aromatic nitrogens is 3. The van der Waals surface area contributed by atoms with Crippen LogP contribution in [-0.4, -0.2) is 41.1 Å². The molecule has 0 radical (unpaired) electrons. The molecule has 0 unspecified atom stereocenters. The zero-order chi connectivity index (χ0) is 16.6. The third-order valence-corrected chi connectivity index (χ3v) is 5.19. The first-order valence-electron chi connectivity index (χ1n) is 8.55. The number of anilines is 2. The van der Waals surface area contributed by atoms with E-state index in [-0.39, 0.29) is 11.2 Å². The SMILES string of the molecule is Cc1cccc(N2CC[C@@]3(CCCN(c4ncc(F)cn4)C3)C2)n1. The predicted octanol–water partition coefficient (Wildman–Crippen LogP) is 2.82. The topological polar surface area (TPSA) is 45.2 Å². The van der Waals surface area contributed by atoms with Gasteiger partial charge in [0.05, 0.1) is 12.4 Å². The molecule has 1 spiro atoms. The first kappa shape index (κ1) is 15.3. The highest BCUT2D eigenvalue weighted by molar-refractivity contribution is 5.42. The van der Waals surface area contributed by atoms with E-state index in [0.717, 1.165) is 50.5 Å². The van der Waals surface area contributed by atoms with Gasteiger partial charge in [-0.3, -0.25) is 0 Å². The molecule has 4 rings (SSSR count). The zero-order valence-corrected chi connectivity index (χ0v) is 14.0. The van der Waals surface area contributed by atoms with Crippen molar-refractivity contribution in [2.45, 2.75) is 26.2 Å². The molecule has 0 aromatic carbocycles. The summed E-state index contributed by atoms with van der Waals surface area (Å²) in [6.07, 6.45) is 5.99. The lowest BCUT2D eigenvalue weighted by Crippen LogP contribution is -2.45. The van der Waals surface area contributed by atoms with Crippen molar-refractivity contribution in [2.24, 2.45) is 5.41 Å². The highest BCUT2D eigenvalue weighted by Gasteiger charge is 2.42. The van der Waals surface area contributed by atoms with Crippen molar-refractivity contribution in [2.75, 3.05) is 36.0 Å². The van der Waals surface area contributed by atoms with Gasteiger partial charge >= 0.3 is 0 Å². The summed E-state index contributed by atoms with van der Waals surface area (Å²) < 4.78 is 13.1. The molecule has 2 aliphatic rings. The standard InChI is InChI=1S/C18H22FN5/c1-14-4-2-5-16(22-14)23-9-7-18(12-23)6-3-8-24(13-18)17-20-10-15(19)11-21-17/h2,4-5,10-11H,3,6-9,12-13H2,1H3/t18-/m0/s1. The van der Waals surface area contributed by atoms with Crippen LogP contribution in [0, 0.1) is 18.2 Å². The second kappa shape index (κ2) is 6.00. The third kappa shape index (κ3) is 2.92. The molecule has 0 aliphatic carbocycles. The summed E-state index contributed by atoms with van der Waals surface area (Å²) in [5.41, 5.74) is 1.31. The van der Waals surface area contributed by atoms with Crippen molar-refractivity contribution >= 4 is 11.8 Å². The number of piperidine rings is 1. The smallest absolute Gasteiger partial charge is 0.225 e. The summed E-state index contributed by atoms with van der Waals surface area (Å²) in [6.45, 7) is 5.95. The van der Waals surface area contributed by atoms with Crippen LogP contribution in [0.2, 0.25) is 0 Å². The van der Waals surface area contributed by atoms with Crippen molar-refractivity contribution in [3.05, 3.63) is 42.1 Å². The maximum absolute atomic E-state index is 13.1. The Morgan fingerprint density at radius 1 is 1.04 bits per heavy atom. The third-order valence-electron chi connectivity index (χ3n) is 5.19. The molecule has 0 bridgehead atoms. The predicted molar refractivity (Wildman–Crippen MR) is 91.7 cm³/mol. The molecule has 2 saturated heterocycles. The van der Waals surface area contributed by atoms with E-state index in [2.05, 4.69) is 36.9 Å². The van der Waals surface area contributed by atoms with Crippen molar-refractivity contribution in [1.82, 2.24) is 15.0 Å². The zero-order valence-electron chi connectivity index (χ0n) is 14.0. The van der Waals surface area contributed by atoms with Crippen LogP contribution in [0.15, 0.2) is 30.6 Å². The van der Waals surface area contributed by atoms with Crippen LogP contribution in [0.1, 0.15) is 25.0 Å². The van der Waals surface area contributed by atoms with E-state index >= 15 is 0 Å². The van der Waals surface area contributed by atoms with Crippen molar-refractivity contribution in [3.63, 3.8) is 0 Å². The number of hydrogen-bond acceptors (Lipinski definition) is 5. The molecule has 2 aromatic heterocycles. The van der Waals surface area contributed by atoms with Crippen LogP contribution >= 0.6 is 0 Å². The fourth-order valence-electron chi connectivity index (χ4n) is 4.02. The number of pyridine rings is 1. The van der Waals surface area contributed by atoms with Crippen molar-refractivity contribution < 1.29 is 4.39 Å². The molecular weight excluding hydrogens is 305 g/mol. The second-order valence-corrected chi connectivity index (χ2v) is 7.04. The summed E-state index contributed by atoms with van der Waals surface area (Å²) >= 11 is 0. The van der Waals surface area contributed by atoms with Crippen LogP contribution in [0.25, 0.3) is 0 Å². The lowest BCUT2D eigenvalue weighted by Gasteiger charge is -2.40. The van der Waals surface area contributed by atoms with Gasteiger partial charge in [-0.25, -0.2) is 19.3 Å². The summed E-state index contributed by atoms with van der Waals surface area (Å²) in [7, 11) is 0. The van der Waals surface area contributed by atoms with Crippen molar-refractivity contribution in [3.8, 4) is 0 Å². The maximum atomic E-state index is 13.1. The quantitative estimate of drug-likeness (QED) is 0.849. The lowest BCUT2D eigenvalue weighted by atomic mass is 9.79. The molecule has 5 nitrogen and oxygen atoms in total. The van der Waals surface area contributed by atoms with Gasteiger partial charge in [0, 0.05) is 37.3 Å². The van der Waals surface area contributed by atoms with Gasteiger partial charge in [0.25, 0.3) is 0 Å². The Hall–Kier alpha value is -2.24. The summed E-state index contributed by atoms with van der Waals surface area (Å²) in [4.78, 5) is 17.6. The van der Waals surface area contributed by atoms with E-state index in [4.69, 9.17) is 0 Å². The summed E-state index contributed by atoms with van der Waals surface area (Å²) in [5.74, 6) is 1.33. The average molecular weight is 327 g/mol.